The molecule has 0 bridgehead atoms. The molecule has 0 heterocycles. The third-order valence-electron chi connectivity index (χ3n) is 3.86. The van der Waals surface area contributed by atoms with Crippen LogP contribution in [-0.4, -0.2) is 18.6 Å². The van der Waals surface area contributed by atoms with Crippen LogP contribution in [0.1, 0.15) is 45.6 Å². The van der Waals surface area contributed by atoms with Gasteiger partial charge in [-0.3, -0.25) is 0 Å². The van der Waals surface area contributed by atoms with Gasteiger partial charge in [0, 0.05) is 18.6 Å². The summed E-state index contributed by atoms with van der Waals surface area (Å²) < 4.78 is 28.8. The summed E-state index contributed by atoms with van der Waals surface area (Å²) in [4.78, 5) is 1.92. The Labute approximate surface area is 126 Å². The Morgan fingerprint density at radius 2 is 1.76 bits per heavy atom. The van der Waals surface area contributed by atoms with Gasteiger partial charge in [-0.15, -0.1) is 0 Å². The summed E-state index contributed by atoms with van der Waals surface area (Å²) in [6.45, 7) is 6.80. The molecule has 0 radical (unpaired) electrons. The van der Waals surface area contributed by atoms with Crippen LogP contribution in [0.3, 0.4) is 0 Å². The van der Waals surface area contributed by atoms with E-state index in [4.69, 9.17) is 5.73 Å². The van der Waals surface area contributed by atoms with Gasteiger partial charge in [0.2, 0.25) is 0 Å². The lowest BCUT2D eigenvalue weighted by Gasteiger charge is -2.27. The molecule has 0 amide bonds. The molecule has 0 aromatic heterocycles. The number of hydrogen-bond donors (Lipinski definition) is 1. The average Bonchev–Trinajstić information content (AvgIpc) is 3.15. The van der Waals surface area contributed by atoms with E-state index in [2.05, 4.69) is 13.8 Å². The van der Waals surface area contributed by atoms with Crippen LogP contribution in [0, 0.1) is 17.6 Å². The van der Waals surface area contributed by atoms with E-state index in [1.807, 2.05) is 11.8 Å². The fourth-order valence-electron chi connectivity index (χ4n) is 2.64. The first-order valence-corrected chi connectivity index (χ1v) is 7.88. The molecule has 1 aliphatic rings. The van der Waals surface area contributed by atoms with Crippen molar-refractivity contribution >= 4 is 5.69 Å². The number of nitrogens with zero attached hydrogens (tertiary/aromatic N) is 1. The highest BCUT2D eigenvalue weighted by Gasteiger charge is 2.32. The van der Waals surface area contributed by atoms with Crippen molar-refractivity contribution in [3.05, 3.63) is 29.3 Å². The second-order valence-electron chi connectivity index (χ2n) is 6.70. The Balaban J connectivity index is 2.23. The van der Waals surface area contributed by atoms with Crippen LogP contribution in [0.25, 0.3) is 0 Å². The first-order chi connectivity index (χ1) is 9.88. The molecule has 4 heteroatoms. The van der Waals surface area contributed by atoms with Crippen LogP contribution in [-0.2, 0) is 6.42 Å². The van der Waals surface area contributed by atoms with Gasteiger partial charge in [-0.25, -0.2) is 8.78 Å². The predicted molar refractivity (Wildman–Crippen MR) is 83.5 cm³/mol. The van der Waals surface area contributed by atoms with Crippen LogP contribution < -0.4 is 10.6 Å². The zero-order valence-electron chi connectivity index (χ0n) is 13.2. The van der Waals surface area contributed by atoms with Gasteiger partial charge in [-0.1, -0.05) is 13.8 Å². The van der Waals surface area contributed by atoms with Crippen molar-refractivity contribution in [1.29, 1.82) is 0 Å². The second kappa shape index (κ2) is 6.73. The maximum Gasteiger partial charge on any atom is 0.149 e. The topological polar surface area (TPSA) is 29.3 Å². The van der Waals surface area contributed by atoms with Gasteiger partial charge in [0.05, 0.1) is 0 Å². The standard InChI is InChI=1S/C17H26F2N2/c1-11(2)6-7-21(14-4-5-14)17-15(18)9-13(8-12(3)20)10-16(17)19/h9-12,14H,4-8,20H2,1-3H3. The fraction of sp³-hybridized carbons (Fsp3) is 0.647. The van der Waals surface area contributed by atoms with E-state index in [0.717, 1.165) is 19.3 Å². The van der Waals surface area contributed by atoms with E-state index in [-0.39, 0.29) is 11.7 Å². The van der Waals surface area contributed by atoms with E-state index >= 15 is 0 Å². The molecule has 2 rings (SSSR count). The third-order valence-corrected chi connectivity index (χ3v) is 3.86. The van der Waals surface area contributed by atoms with Crippen molar-refractivity contribution in [2.45, 2.75) is 58.5 Å². The highest BCUT2D eigenvalue weighted by Crippen LogP contribution is 2.35. The summed E-state index contributed by atoms with van der Waals surface area (Å²) >= 11 is 0. The van der Waals surface area contributed by atoms with Crippen molar-refractivity contribution in [3.8, 4) is 0 Å². The largest absolute Gasteiger partial charge is 0.364 e. The Kier molecular flexibility index (Phi) is 5.20. The lowest BCUT2D eigenvalue weighted by molar-refractivity contribution is 0.535. The van der Waals surface area contributed by atoms with Crippen molar-refractivity contribution in [3.63, 3.8) is 0 Å². The normalized spacial score (nSPS) is 16.3. The van der Waals surface area contributed by atoms with Crippen LogP contribution in [0.5, 0.6) is 0 Å². The minimum atomic E-state index is -0.457. The van der Waals surface area contributed by atoms with Crippen LogP contribution in [0.4, 0.5) is 14.5 Å². The SMILES string of the molecule is CC(C)CCN(c1c(F)cc(CC(C)N)cc1F)C1CC1. The third kappa shape index (κ3) is 4.40. The summed E-state index contributed by atoms with van der Waals surface area (Å²) in [7, 11) is 0. The Morgan fingerprint density at radius 1 is 1.19 bits per heavy atom. The number of halogens is 2. The molecule has 2 N–H and O–H groups in total. The van der Waals surface area contributed by atoms with Crippen molar-refractivity contribution < 1.29 is 8.78 Å². The number of benzene rings is 1. The number of nitrogens with two attached hydrogens (primary N) is 1. The maximum absolute atomic E-state index is 14.4. The van der Waals surface area contributed by atoms with E-state index in [1.165, 1.54) is 12.1 Å². The van der Waals surface area contributed by atoms with E-state index < -0.39 is 11.6 Å². The Hall–Kier alpha value is -1.16. The zero-order valence-corrected chi connectivity index (χ0v) is 13.2. The number of hydrogen-bond acceptors (Lipinski definition) is 2. The van der Waals surface area contributed by atoms with Crippen LogP contribution in [0.2, 0.25) is 0 Å². The molecule has 1 fully saturated rings. The molecule has 21 heavy (non-hydrogen) atoms. The quantitative estimate of drug-likeness (QED) is 0.827. The molecule has 0 saturated heterocycles. The van der Waals surface area contributed by atoms with Gasteiger partial charge in [-0.2, -0.15) is 0 Å². The lowest BCUT2D eigenvalue weighted by Crippen LogP contribution is -2.30. The molecule has 0 aliphatic heterocycles. The Morgan fingerprint density at radius 3 is 2.19 bits per heavy atom. The molecule has 118 valence electrons. The van der Waals surface area contributed by atoms with Gasteiger partial charge in [0.1, 0.15) is 17.3 Å². The minimum absolute atomic E-state index is 0.102. The predicted octanol–water partition coefficient (Wildman–Crippen LogP) is 3.87. The van der Waals surface area contributed by atoms with Gasteiger partial charge >= 0.3 is 0 Å². The van der Waals surface area contributed by atoms with Crippen molar-refractivity contribution in [1.82, 2.24) is 0 Å². The lowest BCUT2D eigenvalue weighted by atomic mass is 10.1. The molecule has 1 saturated carbocycles. The van der Waals surface area contributed by atoms with E-state index in [0.29, 0.717) is 30.5 Å². The van der Waals surface area contributed by atoms with E-state index in [9.17, 15) is 8.78 Å². The zero-order chi connectivity index (χ0) is 15.6. The summed E-state index contributed by atoms with van der Waals surface area (Å²) in [6, 6.07) is 3.07. The first kappa shape index (κ1) is 16.2. The summed E-state index contributed by atoms with van der Waals surface area (Å²) in [6.07, 6.45) is 3.48. The number of rotatable bonds is 7. The summed E-state index contributed by atoms with van der Waals surface area (Å²) in [5.74, 6) is -0.391. The summed E-state index contributed by atoms with van der Waals surface area (Å²) in [5.41, 5.74) is 6.48. The van der Waals surface area contributed by atoms with Crippen molar-refractivity contribution in [2.75, 3.05) is 11.4 Å². The molecule has 1 aliphatic carbocycles. The van der Waals surface area contributed by atoms with Crippen LogP contribution >= 0.6 is 0 Å². The van der Waals surface area contributed by atoms with Gasteiger partial charge < -0.3 is 10.6 Å². The number of anilines is 1. The van der Waals surface area contributed by atoms with Crippen molar-refractivity contribution in [2.24, 2.45) is 11.7 Å². The molecule has 2 nitrogen and oxygen atoms in total. The molecule has 1 aromatic rings. The fourth-order valence-corrected chi connectivity index (χ4v) is 2.64. The molecule has 0 spiro atoms. The molecule has 1 aromatic carbocycles. The average molecular weight is 296 g/mol. The molecule has 1 atom stereocenters. The second-order valence-corrected chi connectivity index (χ2v) is 6.70. The first-order valence-electron chi connectivity index (χ1n) is 7.88. The van der Waals surface area contributed by atoms with Gasteiger partial charge in [0.25, 0.3) is 0 Å². The molecule has 1 unspecified atom stereocenters. The minimum Gasteiger partial charge on any atom is -0.364 e. The van der Waals surface area contributed by atoms with Gasteiger partial charge in [0.15, 0.2) is 0 Å². The Bertz CT molecular complexity index is 459. The van der Waals surface area contributed by atoms with Gasteiger partial charge in [-0.05, 0) is 56.2 Å². The van der Waals surface area contributed by atoms with E-state index in [1.54, 1.807) is 0 Å². The smallest absolute Gasteiger partial charge is 0.149 e. The highest BCUT2D eigenvalue weighted by molar-refractivity contribution is 5.52. The molecular formula is C17H26F2N2. The summed E-state index contributed by atoms with van der Waals surface area (Å²) in [5, 5.41) is 0. The monoisotopic (exact) mass is 296 g/mol. The maximum atomic E-state index is 14.4. The highest BCUT2D eigenvalue weighted by atomic mass is 19.1. The molecular weight excluding hydrogens is 270 g/mol. The van der Waals surface area contributed by atoms with Crippen LogP contribution in [0.15, 0.2) is 12.1 Å².